The summed E-state index contributed by atoms with van der Waals surface area (Å²) in [7, 11) is 0. The Morgan fingerprint density at radius 3 is 2.48 bits per heavy atom. The summed E-state index contributed by atoms with van der Waals surface area (Å²) in [4.78, 5) is 8.19. The largest absolute Gasteiger partial charge is 0.354 e. The molecule has 0 radical (unpaired) electrons. The second kappa shape index (κ2) is 4.95. The molecule has 0 aliphatic rings. The molecule has 0 fully saturated rings. The first-order chi connectivity index (χ1) is 11.0. The molecule has 2 aromatic carbocycles. The highest BCUT2D eigenvalue weighted by molar-refractivity contribution is 6.11. The number of H-pyrrole nitrogens is 1. The molecule has 2 heterocycles. The van der Waals surface area contributed by atoms with Gasteiger partial charge in [-0.05, 0) is 29.2 Å². The fourth-order valence-corrected chi connectivity index (χ4v) is 3.13. The standard InChI is InChI=1S/C21H20N2/c1-21(2,3)14-11-12-22-19(13-14)17-9-6-8-16-15-7-4-5-10-18(15)23-20(16)17/h4-13,23H,1-3H3. The van der Waals surface area contributed by atoms with Crippen LogP contribution in [0.25, 0.3) is 33.1 Å². The number of aromatic nitrogens is 2. The minimum absolute atomic E-state index is 0.117. The Morgan fingerprint density at radius 2 is 1.65 bits per heavy atom. The van der Waals surface area contributed by atoms with Gasteiger partial charge in [0.2, 0.25) is 0 Å². The average molecular weight is 300 g/mol. The van der Waals surface area contributed by atoms with Crippen molar-refractivity contribution < 1.29 is 0 Å². The van der Waals surface area contributed by atoms with Crippen molar-refractivity contribution in [2.24, 2.45) is 0 Å². The van der Waals surface area contributed by atoms with Crippen molar-refractivity contribution >= 4 is 21.8 Å². The van der Waals surface area contributed by atoms with E-state index in [-0.39, 0.29) is 5.41 Å². The molecule has 0 spiro atoms. The molecule has 4 aromatic rings. The molecule has 0 saturated carbocycles. The van der Waals surface area contributed by atoms with E-state index in [2.05, 4.69) is 85.3 Å². The lowest BCUT2D eigenvalue weighted by Crippen LogP contribution is -2.11. The van der Waals surface area contributed by atoms with Gasteiger partial charge < -0.3 is 4.98 Å². The van der Waals surface area contributed by atoms with Gasteiger partial charge in [0, 0.05) is 28.0 Å². The lowest BCUT2D eigenvalue weighted by molar-refractivity contribution is 0.589. The van der Waals surface area contributed by atoms with Gasteiger partial charge in [0.25, 0.3) is 0 Å². The van der Waals surface area contributed by atoms with Crippen LogP contribution < -0.4 is 0 Å². The fourth-order valence-electron chi connectivity index (χ4n) is 3.13. The Morgan fingerprint density at radius 1 is 0.870 bits per heavy atom. The number of aromatic amines is 1. The van der Waals surface area contributed by atoms with Crippen molar-refractivity contribution in [3.05, 3.63) is 66.4 Å². The van der Waals surface area contributed by atoms with Gasteiger partial charge in [-0.2, -0.15) is 0 Å². The number of para-hydroxylation sites is 2. The number of rotatable bonds is 1. The Hall–Kier alpha value is -2.61. The van der Waals surface area contributed by atoms with Crippen LogP contribution in [0.5, 0.6) is 0 Å². The van der Waals surface area contributed by atoms with Crippen LogP contribution in [0, 0.1) is 0 Å². The second-order valence-corrected chi connectivity index (χ2v) is 7.08. The predicted molar refractivity (Wildman–Crippen MR) is 97.7 cm³/mol. The minimum Gasteiger partial charge on any atom is -0.354 e. The maximum absolute atomic E-state index is 4.62. The number of benzene rings is 2. The lowest BCUT2D eigenvalue weighted by atomic mass is 9.87. The summed E-state index contributed by atoms with van der Waals surface area (Å²) in [6.07, 6.45) is 1.91. The van der Waals surface area contributed by atoms with E-state index in [1.807, 2.05) is 6.20 Å². The molecular weight excluding hydrogens is 280 g/mol. The van der Waals surface area contributed by atoms with E-state index >= 15 is 0 Å². The minimum atomic E-state index is 0.117. The number of nitrogens with one attached hydrogen (secondary N) is 1. The van der Waals surface area contributed by atoms with Gasteiger partial charge in [-0.3, -0.25) is 4.98 Å². The van der Waals surface area contributed by atoms with E-state index in [0.29, 0.717) is 0 Å². The molecule has 0 atom stereocenters. The fraction of sp³-hybridized carbons (Fsp3) is 0.190. The topological polar surface area (TPSA) is 28.7 Å². The van der Waals surface area contributed by atoms with Gasteiger partial charge in [0.05, 0.1) is 11.2 Å². The molecule has 0 bridgehead atoms. The molecule has 114 valence electrons. The average Bonchev–Trinajstić information content (AvgIpc) is 2.93. The van der Waals surface area contributed by atoms with Crippen LogP contribution in [0.4, 0.5) is 0 Å². The summed E-state index contributed by atoms with van der Waals surface area (Å²) >= 11 is 0. The maximum Gasteiger partial charge on any atom is 0.0726 e. The molecule has 2 aromatic heterocycles. The Balaban J connectivity index is 1.99. The van der Waals surface area contributed by atoms with E-state index < -0.39 is 0 Å². The van der Waals surface area contributed by atoms with Gasteiger partial charge in [-0.1, -0.05) is 57.2 Å². The van der Waals surface area contributed by atoms with Crippen LogP contribution in [0.1, 0.15) is 26.3 Å². The predicted octanol–water partition coefficient (Wildman–Crippen LogP) is 5.68. The van der Waals surface area contributed by atoms with Gasteiger partial charge in [0.1, 0.15) is 0 Å². The van der Waals surface area contributed by atoms with Crippen molar-refractivity contribution in [1.29, 1.82) is 0 Å². The number of pyridine rings is 1. The number of fused-ring (bicyclic) bond motifs is 3. The summed E-state index contributed by atoms with van der Waals surface area (Å²) < 4.78 is 0. The van der Waals surface area contributed by atoms with Crippen molar-refractivity contribution in [1.82, 2.24) is 9.97 Å². The number of hydrogen-bond donors (Lipinski definition) is 1. The third-order valence-corrected chi connectivity index (χ3v) is 4.44. The van der Waals surface area contributed by atoms with Crippen molar-refractivity contribution in [2.75, 3.05) is 0 Å². The molecule has 0 unspecified atom stereocenters. The SMILES string of the molecule is CC(C)(C)c1ccnc(-c2cccc3c2[nH]c2ccccc23)c1. The van der Waals surface area contributed by atoms with Crippen molar-refractivity contribution in [2.45, 2.75) is 26.2 Å². The normalized spacial score (nSPS) is 12.1. The van der Waals surface area contributed by atoms with E-state index in [0.717, 1.165) is 16.8 Å². The second-order valence-electron chi connectivity index (χ2n) is 7.08. The monoisotopic (exact) mass is 300 g/mol. The summed E-state index contributed by atoms with van der Waals surface area (Å²) in [5.74, 6) is 0. The van der Waals surface area contributed by atoms with E-state index in [9.17, 15) is 0 Å². The van der Waals surface area contributed by atoms with Crippen molar-refractivity contribution in [3.8, 4) is 11.3 Å². The first kappa shape index (κ1) is 14.0. The zero-order valence-electron chi connectivity index (χ0n) is 13.7. The van der Waals surface area contributed by atoms with Crippen LogP contribution in [0.15, 0.2) is 60.8 Å². The molecule has 4 rings (SSSR count). The van der Waals surface area contributed by atoms with Crippen LogP contribution in [-0.4, -0.2) is 9.97 Å². The van der Waals surface area contributed by atoms with Crippen LogP contribution in [-0.2, 0) is 5.41 Å². The van der Waals surface area contributed by atoms with Crippen LogP contribution >= 0.6 is 0 Å². The van der Waals surface area contributed by atoms with Gasteiger partial charge in [-0.15, -0.1) is 0 Å². The summed E-state index contributed by atoms with van der Waals surface area (Å²) in [6, 6.07) is 19.2. The maximum atomic E-state index is 4.62. The lowest BCUT2D eigenvalue weighted by Gasteiger charge is -2.19. The van der Waals surface area contributed by atoms with Gasteiger partial charge >= 0.3 is 0 Å². The third kappa shape index (κ3) is 2.31. The first-order valence-corrected chi connectivity index (χ1v) is 8.00. The molecule has 2 nitrogen and oxygen atoms in total. The third-order valence-electron chi connectivity index (χ3n) is 4.44. The summed E-state index contributed by atoms with van der Waals surface area (Å²) in [5, 5.41) is 2.51. The van der Waals surface area contributed by atoms with Gasteiger partial charge in [0.15, 0.2) is 0 Å². The molecule has 0 saturated heterocycles. The molecule has 23 heavy (non-hydrogen) atoms. The number of hydrogen-bond acceptors (Lipinski definition) is 1. The van der Waals surface area contributed by atoms with E-state index in [1.54, 1.807) is 0 Å². The highest BCUT2D eigenvalue weighted by Gasteiger charge is 2.16. The summed E-state index contributed by atoms with van der Waals surface area (Å²) in [6.45, 7) is 6.70. The molecular formula is C21H20N2. The molecule has 0 amide bonds. The highest BCUT2D eigenvalue weighted by Crippen LogP contribution is 2.33. The highest BCUT2D eigenvalue weighted by atomic mass is 14.7. The smallest absolute Gasteiger partial charge is 0.0726 e. The van der Waals surface area contributed by atoms with Gasteiger partial charge in [-0.25, -0.2) is 0 Å². The van der Waals surface area contributed by atoms with Crippen LogP contribution in [0.3, 0.4) is 0 Å². The van der Waals surface area contributed by atoms with Crippen molar-refractivity contribution in [3.63, 3.8) is 0 Å². The quantitative estimate of drug-likeness (QED) is 0.481. The first-order valence-electron chi connectivity index (χ1n) is 8.00. The zero-order valence-corrected chi connectivity index (χ0v) is 13.7. The van der Waals surface area contributed by atoms with E-state index in [4.69, 9.17) is 0 Å². The molecule has 0 aliphatic heterocycles. The Bertz CT molecular complexity index is 1000. The molecule has 1 N–H and O–H groups in total. The summed E-state index contributed by atoms with van der Waals surface area (Å²) in [5.41, 5.74) is 5.93. The zero-order chi connectivity index (χ0) is 16.0. The Labute approximate surface area is 136 Å². The van der Waals surface area contributed by atoms with E-state index in [1.165, 1.54) is 21.9 Å². The molecule has 2 heteroatoms. The number of nitrogens with zero attached hydrogens (tertiary/aromatic N) is 1. The molecule has 0 aliphatic carbocycles. The van der Waals surface area contributed by atoms with Crippen LogP contribution in [0.2, 0.25) is 0 Å². The Kier molecular flexibility index (Phi) is 3.02.